The van der Waals surface area contributed by atoms with Crippen LogP contribution in [0.4, 0.5) is 28.7 Å². The molecule has 36 heteroatoms. The smallest absolute Gasteiger partial charge is 0.220 e. The molecule has 9 aromatic heterocycles. The first-order valence-corrected chi connectivity index (χ1v) is 34.2. The highest BCUT2D eigenvalue weighted by atomic mass is 35.5. The van der Waals surface area contributed by atoms with Gasteiger partial charge in [0, 0.05) is 113 Å². The number of nitrogens with one attached hydrogen (secondary N) is 3. The summed E-state index contributed by atoms with van der Waals surface area (Å²) in [5.74, 6) is 2.66. The number of carbonyl (C=O) groups excluding carboxylic acids is 3. The van der Waals surface area contributed by atoms with E-state index in [9.17, 15) is 14.4 Å². The van der Waals surface area contributed by atoms with E-state index in [0.717, 1.165) is 23.1 Å². The standard InChI is InChI=1S/3C23H21Cl2N7O2.2CH4.3H2S/c2*1-31-11-13(9-27-31)17-10-26-16-5-7-19(30-23(16)29-17)32(12-14-3-8-20(33)28-14)22-15(24)4-6-18(34-2)21(22)25;1-31-11-13(9-27-31)17-10-26-16-5-7-19(30-22-15(24)4-6-18(34-2)21(22)25)32(23(16)29-17)12-14-3-8-20(33)28-14;;;;;/h3*4-7,9-11,14H,3,8,12H2,1-2H3,(H,28,33);2*1H4;3*1H2. The van der Waals surface area contributed by atoms with Crippen LogP contribution in [-0.2, 0) is 42.1 Å². The lowest BCUT2D eigenvalue weighted by molar-refractivity contribution is -0.120. The second-order valence-corrected chi connectivity index (χ2v) is 26.3. The predicted octanol–water partition coefficient (Wildman–Crippen LogP) is 13.6. The minimum Gasteiger partial charge on any atom is -0.495 e. The number of carbonyl (C=O) groups is 3. The summed E-state index contributed by atoms with van der Waals surface area (Å²) in [6.07, 6.45) is 19.5. The Morgan fingerprint density at radius 1 is 0.467 bits per heavy atom. The van der Waals surface area contributed by atoms with E-state index in [1.54, 1.807) is 102 Å². The summed E-state index contributed by atoms with van der Waals surface area (Å²) in [7, 11) is 10.2. The third-order valence-corrected chi connectivity index (χ3v) is 19.0. The van der Waals surface area contributed by atoms with Gasteiger partial charge in [-0.05, 0) is 92.1 Å². The quantitative estimate of drug-likeness (QED) is 0.0763. The van der Waals surface area contributed by atoms with Gasteiger partial charge in [0.25, 0.3) is 0 Å². The Morgan fingerprint density at radius 3 is 1.24 bits per heavy atom. The number of hydrogen-bond donors (Lipinski definition) is 3. The Labute approximate surface area is 667 Å². The number of nitrogens with zero attached hydrogens (tertiary/aromatic N) is 18. The van der Waals surface area contributed by atoms with Crippen molar-refractivity contribution in [2.75, 3.05) is 44.2 Å². The van der Waals surface area contributed by atoms with Gasteiger partial charge in [0.15, 0.2) is 16.9 Å². The monoisotopic (exact) mass is 1630 g/mol. The highest BCUT2D eigenvalue weighted by Crippen LogP contribution is 2.46. The van der Waals surface area contributed by atoms with Crippen molar-refractivity contribution in [2.24, 2.45) is 26.1 Å². The van der Waals surface area contributed by atoms with Gasteiger partial charge in [-0.15, -0.1) is 0 Å². The van der Waals surface area contributed by atoms with Gasteiger partial charge in [-0.2, -0.15) is 55.8 Å². The fourth-order valence-electron chi connectivity index (χ4n) is 11.9. The first-order chi connectivity index (χ1) is 49.3. The Bertz CT molecular complexity index is 5090. The van der Waals surface area contributed by atoms with Gasteiger partial charge < -0.3 is 44.5 Å². The Kier molecular flexibility index (Phi) is 28.5. The molecule has 3 aliphatic heterocycles. The summed E-state index contributed by atoms with van der Waals surface area (Å²) in [5, 5.41) is 23.9. The second-order valence-electron chi connectivity index (χ2n) is 24.0. The molecule has 12 aromatic rings. The maximum atomic E-state index is 11.9. The predicted molar refractivity (Wildman–Crippen MR) is 435 cm³/mol. The van der Waals surface area contributed by atoms with E-state index in [2.05, 4.69) is 46.2 Å². The van der Waals surface area contributed by atoms with E-state index in [1.165, 1.54) is 7.11 Å². The average Bonchev–Trinajstić information content (AvgIpc) is 1.09. The molecule has 27 nitrogen and oxygen atoms in total. The molecule has 3 fully saturated rings. The highest BCUT2D eigenvalue weighted by molar-refractivity contribution is 7.59. The van der Waals surface area contributed by atoms with Crippen LogP contribution in [0.15, 0.2) is 134 Å². The van der Waals surface area contributed by atoms with E-state index in [-0.39, 0.29) is 91.2 Å². The third-order valence-electron chi connectivity index (χ3n) is 17.0. The summed E-state index contributed by atoms with van der Waals surface area (Å²) in [4.78, 5) is 81.6. The molecule has 3 unspecified atom stereocenters. The molecule has 0 bridgehead atoms. The molecule has 12 heterocycles. The topological polar surface area (TPSA) is 295 Å². The van der Waals surface area contributed by atoms with Crippen LogP contribution in [0.1, 0.15) is 53.4 Å². The summed E-state index contributed by atoms with van der Waals surface area (Å²) in [6.45, 7) is 1.31. The fourth-order valence-corrected chi connectivity index (χ4v) is 13.8. The zero-order valence-corrected chi connectivity index (χ0v) is 64.5. The first-order valence-electron chi connectivity index (χ1n) is 31.9. The molecule has 3 amide bonds. The minimum atomic E-state index is -0.0869. The SMILES string of the molecule is C.C.COc1ccc(Cl)c(N(CC2CCC(=O)N2)c2ccc3ncc(-c4cnn(C)c4)nc3n2)c1Cl.COc1ccc(Cl)c(N(CC2CCC(=O)N2)c2ccc3ncc(-c4cnn(C)c4)nc3n2)c1Cl.COc1ccc(Cl)c(N=c2ccc3ncc(-c4cnn(C)c4)nc3n2CC2CCC(=O)N2)c1Cl.S.S.S. The van der Waals surface area contributed by atoms with E-state index in [0.29, 0.717) is 184 Å². The van der Waals surface area contributed by atoms with E-state index < -0.39 is 0 Å². The van der Waals surface area contributed by atoms with Crippen molar-refractivity contribution in [1.29, 1.82) is 0 Å². The van der Waals surface area contributed by atoms with E-state index in [1.807, 2.05) is 90.5 Å². The molecule has 3 aliphatic rings. The lowest BCUT2D eigenvalue weighted by Crippen LogP contribution is -2.37. The lowest BCUT2D eigenvalue weighted by atomic mass is 10.2. The van der Waals surface area contributed by atoms with E-state index in [4.69, 9.17) is 114 Å². The molecule has 0 radical (unpaired) electrons. The number of methoxy groups -OCH3 is 3. The minimum absolute atomic E-state index is 0. The number of rotatable bonds is 17. The third kappa shape index (κ3) is 18.7. The first kappa shape index (κ1) is 83.4. The maximum absolute atomic E-state index is 11.9. The molecule has 562 valence electrons. The largest absolute Gasteiger partial charge is 0.495 e. The van der Waals surface area contributed by atoms with Gasteiger partial charge in [0.1, 0.15) is 71.7 Å². The summed E-state index contributed by atoms with van der Waals surface area (Å²) < 4.78 is 23.2. The fraction of sp³-hybridized carbons (Fsp3) is 0.282. The molecule has 3 N–H and O–H groups in total. The molecule has 107 heavy (non-hydrogen) atoms. The zero-order valence-electron chi connectivity index (χ0n) is 57.0. The van der Waals surface area contributed by atoms with Crippen molar-refractivity contribution in [2.45, 2.75) is 78.0 Å². The van der Waals surface area contributed by atoms with E-state index >= 15 is 0 Å². The van der Waals surface area contributed by atoms with Gasteiger partial charge in [-0.1, -0.05) is 84.5 Å². The number of halogens is 6. The Morgan fingerprint density at radius 2 is 0.850 bits per heavy atom. The number of anilines is 4. The lowest BCUT2D eigenvalue weighted by Gasteiger charge is -2.29. The Hall–Kier alpha value is -9.24. The number of pyridine rings is 3. The maximum Gasteiger partial charge on any atom is 0.220 e. The van der Waals surface area contributed by atoms with Crippen LogP contribution in [0, 0.1) is 0 Å². The van der Waals surface area contributed by atoms with Gasteiger partial charge in [0.2, 0.25) is 17.7 Å². The van der Waals surface area contributed by atoms with Crippen LogP contribution in [0.2, 0.25) is 30.1 Å². The summed E-state index contributed by atoms with van der Waals surface area (Å²) in [6, 6.07) is 21.1. The van der Waals surface area contributed by atoms with Gasteiger partial charge in [-0.25, -0.2) is 29.9 Å². The molecule has 0 saturated carbocycles. The van der Waals surface area contributed by atoms with Gasteiger partial charge in [-0.3, -0.25) is 43.4 Å². The van der Waals surface area contributed by atoms with Crippen LogP contribution in [0.3, 0.4) is 0 Å². The number of benzene rings is 3. The van der Waals surface area contributed by atoms with Crippen LogP contribution >= 0.6 is 110 Å². The van der Waals surface area contributed by atoms with Crippen molar-refractivity contribution in [3.63, 3.8) is 0 Å². The number of ether oxygens (including phenoxy) is 3. The number of amides is 3. The normalized spacial score (nSPS) is 15.0. The van der Waals surface area contributed by atoms with Crippen LogP contribution in [0.25, 0.3) is 67.3 Å². The average molecular weight is 1630 g/mol. The molecular weight excluding hydrogens is 1550 g/mol. The molecule has 15 rings (SSSR count). The second kappa shape index (κ2) is 36.6. The number of aryl methyl sites for hydroxylation is 3. The van der Waals surface area contributed by atoms with Crippen LogP contribution in [0.5, 0.6) is 17.2 Å². The molecular formula is C71H77Cl6N21O6S3. The van der Waals surface area contributed by atoms with Gasteiger partial charge >= 0.3 is 0 Å². The summed E-state index contributed by atoms with van der Waals surface area (Å²) in [5.41, 5.74) is 10.1. The van der Waals surface area contributed by atoms with Crippen LogP contribution < -0.4 is 45.4 Å². The number of fused-ring (bicyclic) bond motifs is 3. The van der Waals surface area contributed by atoms with Crippen molar-refractivity contribution < 1.29 is 28.6 Å². The summed E-state index contributed by atoms with van der Waals surface area (Å²) >= 11 is 39.6. The van der Waals surface area contributed by atoms with Crippen molar-refractivity contribution >= 4 is 190 Å². The Balaban J connectivity index is 0.000000198. The molecule has 0 spiro atoms. The molecule has 0 aliphatic carbocycles. The van der Waals surface area contributed by atoms with Crippen molar-refractivity contribution in [3.8, 4) is 51.0 Å². The molecule has 3 saturated heterocycles. The number of hydrogen-bond acceptors (Lipinski definition) is 20. The van der Waals surface area contributed by atoms with Crippen molar-refractivity contribution in [3.05, 3.63) is 164 Å². The molecule has 3 aromatic carbocycles. The molecule has 3 atom stereocenters. The highest BCUT2D eigenvalue weighted by Gasteiger charge is 2.31. The van der Waals surface area contributed by atoms with Crippen LogP contribution in [-0.4, -0.2) is 144 Å². The van der Waals surface area contributed by atoms with Crippen molar-refractivity contribution in [1.82, 2.24) is 89.7 Å². The zero-order chi connectivity index (χ0) is 71.5. The van der Waals surface area contributed by atoms with Gasteiger partial charge in [0.05, 0.1) is 102 Å². The number of aromatic nitrogens is 15.